The van der Waals surface area contributed by atoms with Crippen molar-refractivity contribution in [1.82, 2.24) is 40.2 Å². The Morgan fingerprint density at radius 2 is 1.85 bits per heavy atom. The van der Waals surface area contributed by atoms with Gasteiger partial charge in [-0.2, -0.15) is 5.10 Å². The zero-order valence-corrected chi connectivity index (χ0v) is 18.7. The molecule has 2 aliphatic rings. The lowest BCUT2D eigenvalue weighted by Crippen LogP contribution is -2.50. The molecule has 11 heteroatoms. The van der Waals surface area contributed by atoms with E-state index in [0.29, 0.717) is 45.7 Å². The average molecular weight is 448 g/mol. The van der Waals surface area contributed by atoms with Crippen LogP contribution in [0.15, 0.2) is 23.2 Å². The Bertz CT molecular complexity index is 1330. The number of nitrogens with two attached hydrogens (primary N) is 1. The van der Waals surface area contributed by atoms with Crippen molar-refractivity contribution in [1.29, 1.82) is 0 Å². The van der Waals surface area contributed by atoms with Crippen LogP contribution in [0.3, 0.4) is 0 Å². The first-order valence-corrected chi connectivity index (χ1v) is 11.1. The van der Waals surface area contributed by atoms with Crippen LogP contribution in [0.5, 0.6) is 5.75 Å². The first kappa shape index (κ1) is 20.0. The van der Waals surface area contributed by atoms with Crippen LogP contribution >= 0.6 is 0 Å². The lowest BCUT2D eigenvalue weighted by molar-refractivity contribution is 0.141. The molecule has 0 bridgehead atoms. The minimum absolute atomic E-state index is 0.156. The van der Waals surface area contributed by atoms with Crippen LogP contribution in [-0.4, -0.2) is 54.1 Å². The van der Waals surface area contributed by atoms with Gasteiger partial charge in [-0.25, -0.2) is 24.6 Å². The van der Waals surface area contributed by atoms with Crippen LogP contribution in [-0.2, 0) is 5.54 Å². The molecule has 4 aromatic rings. The molecule has 1 aliphatic carbocycles. The molecule has 0 aromatic carbocycles. The van der Waals surface area contributed by atoms with Gasteiger partial charge in [-0.15, -0.1) is 0 Å². The molecule has 6 rings (SSSR count). The summed E-state index contributed by atoms with van der Waals surface area (Å²) in [5.41, 5.74) is 8.45. The molecule has 0 radical (unpaired) electrons. The second-order valence-corrected chi connectivity index (χ2v) is 9.57. The van der Waals surface area contributed by atoms with E-state index in [-0.39, 0.29) is 11.6 Å². The molecule has 4 aromatic heterocycles. The third-order valence-electron chi connectivity index (χ3n) is 5.92. The number of rotatable bonds is 5. The van der Waals surface area contributed by atoms with Crippen molar-refractivity contribution >= 4 is 16.9 Å². The topological polar surface area (TPSA) is 143 Å². The molecular formula is C22H25N9O2. The third-order valence-corrected chi connectivity index (χ3v) is 5.92. The van der Waals surface area contributed by atoms with E-state index >= 15 is 0 Å². The number of nitrogen functional groups attached to an aromatic ring is 1. The number of hydrogen-bond acceptors (Lipinski definition) is 10. The SMILES string of the molecule is CC(C)(C)n1nc(-c2noc(C3CC3)c2-c2ncc(OC3CNC3)cn2)c2c(N)ncnc21. The van der Waals surface area contributed by atoms with E-state index in [4.69, 9.17) is 20.1 Å². The van der Waals surface area contributed by atoms with E-state index in [1.165, 1.54) is 6.33 Å². The monoisotopic (exact) mass is 447 g/mol. The molecule has 1 aliphatic heterocycles. The van der Waals surface area contributed by atoms with Crippen molar-refractivity contribution in [2.75, 3.05) is 18.8 Å². The highest BCUT2D eigenvalue weighted by molar-refractivity contribution is 6.00. The van der Waals surface area contributed by atoms with Gasteiger partial charge in [0.05, 0.1) is 28.9 Å². The lowest BCUT2D eigenvalue weighted by atomic mass is 10.1. The average Bonchev–Trinajstić information content (AvgIpc) is 3.37. The Kier molecular flexibility index (Phi) is 4.37. The van der Waals surface area contributed by atoms with Gasteiger partial charge in [-0.05, 0) is 33.6 Å². The fraction of sp³-hybridized carbons (Fsp3) is 0.455. The van der Waals surface area contributed by atoms with Gasteiger partial charge in [-0.3, -0.25) is 0 Å². The lowest BCUT2D eigenvalue weighted by Gasteiger charge is -2.27. The van der Waals surface area contributed by atoms with Gasteiger partial charge in [0.15, 0.2) is 23.0 Å². The predicted octanol–water partition coefficient (Wildman–Crippen LogP) is 2.50. The van der Waals surface area contributed by atoms with Gasteiger partial charge in [-0.1, -0.05) is 5.16 Å². The summed E-state index contributed by atoms with van der Waals surface area (Å²) < 4.78 is 13.5. The van der Waals surface area contributed by atoms with Crippen molar-refractivity contribution in [2.45, 2.75) is 51.2 Å². The highest BCUT2D eigenvalue weighted by Gasteiger charge is 2.36. The minimum atomic E-state index is -0.327. The van der Waals surface area contributed by atoms with Crippen molar-refractivity contribution in [3.05, 3.63) is 24.5 Å². The fourth-order valence-corrected chi connectivity index (χ4v) is 3.96. The Balaban J connectivity index is 1.50. The molecule has 0 amide bonds. The molecule has 0 atom stereocenters. The van der Waals surface area contributed by atoms with Crippen molar-refractivity contribution in [2.24, 2.45) is 0 Å². The fourth-order valence-electron chi connectivity index (χ4n) is 3.96. The molecule has 0 unspecified atom stereocenters. The van der Waals surface area contributed by atoms with E-state index in [0.717, 1.165) is 37.3 Å². The quantitative estimate of drug-likeness (QED) is 0.468. The Labute approximate surface area is 189 Å². The van der Waals surface area contributed by atoms with Crippen LogP contribution in [0, 0.1) is 0 Å². The summed E-state index contributed by atoms with van der Waals surface area (Å²) >= 11 is 0. The molecule has 5 heterocycles. The van der Waals surface area contributed by atoms with E-state index in [1.807, 2.05) is 4.68 Å². The summed E-state index contributed by atoms with van der Waals surface area (Å²) in [6.07, 6.45) is 7.07. The van der Waals surface area contributed by atoms with Crippen LogP contribution in [0.25, 0.3) is 33.8 Å². The van der Waals surface area contributed by atoms with Gasteiger partial charge in [0.2, 0.25) is 0 Å². The van der Waals surface area contributed by atoms with E-state index < -0.39 is 0 Å². The van der Waals surface area contributed by atoms with Crippen LogP contribution < -0.4 is 15.8 Å². The van der Waals surface area contributed by atoms with Gasteiger partial charge < -0.3 is 20.3 Å². The van der Waals surface area contributed by atoms with Crippen LogP contribution in [0.2, 0.25) is 0 Å². The predicted molar refractivity (Wildman–Crippen MR) is 121 cm³/mol. The maximum Gasteiger partial charge on any atom is 0.165 e. The van der Waals surface area contributed by atoms with E-state index in [1.54, 1.807) is 12.4 Å². The van der Waals surface area contributed by atoms with Gasteiger partial charge in [0.1, 0.15) is 29.6 Å². The van der Waals surface area contributed by atoms with E-state index in [2.05, 4.69) is 51.2 Å². The molecule has 11 nitrogen and oxygen atoms in total. The van der Waals surface area contributed by atoms with Crippen LogP contribution in [0.1, 0.15) is 45.3 Å². The van der Waals surface area contributed by atoms with Gasteiger partial charge in [0.25, 0.3) is 0 Å². The number of nitrogens with zero attached hydrogens (tertiary/aromatic N) is 7. The number of ether oxygens (including phenoxy) is 1. The molecule has 2 fully saturated rings. The Hall–Kier alpha value is -3.60. The second-order valence-electron chi connectivity index (χ2n) is 9.57. The maximum atomic E-state index is 6.29. The highest BCUT2D eigenvalue weighted by atomic mass is 16.5. The number of anilines is 1. The molecule has 170 valence electrons. The van der Waals surface area contributed by atoms with Crippen molar-refractivity contribution < 1.29 is 9.26 Å². The molecular weight excluding hydrogens is 422 g/mol. The molecule has 1 saturated heterocycles. The van der Waals surface area contributed by atoms with Crippen LogP contribution in [0.4, 0.5) is 5.82 Å². The van der Waals surface area contributed by atoms with Gasteiger partial charge in [0, 0.05) is 19.0 Å². The minimum Gasteiger partial charge on any atom is -0.485 e. The number of aromatic nitrogens is 7. The molecule has 0 spiro atoms. The molecule has 33 heavy (non-hydrogen) atoms. The van der Waals surface area contributed by atoms with E-state index in [9.17, 15) is 0 Å². The smallest absolute Gasteiger partial charge is 0.165 e. The number of hydrogen-bond donors (Lipinski definition) is 2. The normalized spacial score (nSPS) is 16.8. The van der Waals surface area contributed by atoms with Crippen molar-refractivity contribution in [3.8, 4) is 28.5 Å². The van der Waals surface area contributed by atoms with Crippen molar-refractivity contribution in [3.63, 3.8) is 0 Å². The third kappa shape index (κ3) is 3.39. The summed E-state index contributed by atoms with van der Waals surface area (Å²) in [6, 6.07) is 0. The highest BCUT2D eigenvalue weighted by Crippen LogP contribution is 2.48. The van der Waals surface area contributed by atoms with Gasteiger partial charge >= 0.3 is 0 Å². The summed E-state index contributed by atoms with van der Waals surface area (Å²) in [5.74, 6) is 2.56. The second kappa shape index (κ2) is 7.20. The number of nitrogens with one attached hydrogen (secondary N) is 1. The largest absolute Gasteiger partial charge is 0.485 e. The zero-order valence-electron chi connectivity index (χ0n) is 18.7. The molecule has 1 saturated carbocycles. The standard InChI is InChI=1S/C22H25N9O2/c1-22(2,3)31-21-15(19(23)27-10-28-21)16(29-31)17-14(18(33-30-17)11-4-5-11)20-25-8-13(9-26-20)32-12-6-24-7-12/h8-12,24H,4-7H2,1-3H3,(H2,23,27,28). The molecule has 3 N–H and O–H groups in total. The summed E-state index contributed by atoms with van der Waals surface area (Å²) in [6.45, 7) is 7.83. The Morgan fingerprint density at radius 1 is 1.09 bits per heavy atom. The summed E-state index contributed by atoms with van der Waals surface area (Å²) in [4.78, 5) is 17.9. The Morgan fingerprint density at radius 3 is 2.48 bits per heavy atom. The number of fused-ring (bicyclic) bond motifs is 1. The first-order valence-electron chi connectivity index (χ1n) is 11.1. The summed E-state index contributed by atoms with van der Waals surface area (Å²) in [5, 5.41) is 13.1. The first-order chi connectivity index (χ1) is 15.9. The maximum absolute atomic E-state index is 6.29. The zero-order chi connectivity index (χ0) is 22.7. The summed E-state index contributed by atoms with van der Waals surface area (Å²) in [7, 11) is 0.